The van der Waals surface area contributed by atoms with Crippen molar-refractivity contribution in [2.75, 3.05) is 33.1 Å². The van der Waals surface area contributed by atoms with Crippen LogP contribution in [-0.4, -0.2) is 44.7 Å². The molecule has 1 unspecified atom stereocenters. The molecular weight excluding hydrogens is 252 g/mol. The summed E-state index contributed by atoms with van der Waals surface area (Å²) in [7, 11) is 5.86. The maximum absolute atomic E-state index is 5.93. The number of nitrogens with one attached hydrogen (secondary N) is 1. The molecule has 1 saturated carbocycles. The second-order valence-electron chi connectivity index (χ2n) is 5.45. The van der Waals surface area contributed by atoms with E-state index in [1.54, 1.807) is 7.11 Å². The highest BCUT2D eigenvalue weighted by molar-refractivity contribution is 5.92. The van der Waals surface area contributed by atoms with Gasteiger partial charge in [-0.2, -0.15) is 0 Å². The lowest BCUT2D eigenvalue weighted by atomic mass is 10.2. The van der Waals surface area contributed by atoms with Crippen LogP contribution in [0.3, 0.4) is 0 Å². The zero-order chi connectivity index (χ0) is 14.5. The SMILES string of the molecule is COc1ccc(NC(N)=NCC(C2CC2)N(C)C)cc1. The van der Waals surface area contributed by atoms with E-state index < -0.39 is 0 Å². The first-order valence-electron chi connectivity index (χ1n) is 6.97. The minimum atomic E-state index is 0.461. The summed E-state index contributed by atoms with van der Waals surface area (Å²) in [6, 6.07) is 8.12. The van der Waals surface area contributed by atoms with Crippen LogP contribution in [-0.2, 0) is 0 Å². The van der Waals surface area contributed by atoms with Crippen LogP contribution in [0.2, 0.25) is 0 Å². The van der Waals surface area contributed by atoms with E-state index >= 15 is 0 Å². The number of likely N-dealkylation sites (N-methyl/N-ethyl adjacent to an activating group) is 1. The first kappa shape index (κ1) is 14.7. The molecule has 1 fully saturated rings. The van der Waals surface area contributed by atoms with E-state index in [1.165, 1.54) is 12.8 Å². The first-order chi connectivity index (χ1) is 9.60. The van der Waals surface area contributed by atoms with Gasteiger partial charge in [0.15, 0.2) is 5.96 Å². The Bertz CT molecular complexity index is 449. The van der Waals surface area contributed by atoms with Gasteiger partial charge in [0.05, 0.1) is 13.7 Å². The van der Waals surface area contributed by atoms with Crippen molar-refractivity contribution in [3.05, 3.63) is 24.3 Å². The maximum atomic E-state index is 5.93. The number of methoxy groups -OCH3 is 1. The second kappa shape index (κ2) is 6.61. The number of rotatable bonds is 6. The summed E-state index contributed by atoms with van der Waals surface area (Å²) in [5.74, 6) is 2.07. The highest BCUT2D eigenvalue weighted by atomic mass is 16.5. The molecule has 0 aliphatic heterocycles. The molecule has 0 radical (unpaired) electrons. The zero-order valence-corrected chi connectivity index (χ0v) is 12.5. The zero-order valence-electron chi connectivity index (χ0n) is 12.5. The van der Waals surface area contributed by atoms with Gasteiger partial charge in [-0.25, -0.2) is 0 Å². The Labute approximate surface area is 120 Å². The number of aliphatic imine (C=N–C) groups is 1. The standard InChI is InChI=1S/C15H24N4O/c1-19(2)14(11-4-5-11)10-17-15(16)18-12-6-8-13(20-3)9-7-12/h6-9,11,14H,4-5,10H2,1-3H3,(H3,16,17,18). The van der Waals surface area contributed by atoms with Crippen molar-refractivity contribution < 1.29 is 4.74 Å². The maximum Gasteiger partial charge on any atom is 0.193 e. The summed E-state index contributed by atoms with van der Waals surface area (Å²) in [5.41, 5.74) is 6.85. The van der Waals surface area contributed by atoms with E-state index in [2.05, 4.69) is 29.3 Å². The van der Waals surface area contributed by atoms with Crippen LogP contribution in [0.5, 0.6) is 5.75 Å². The largest absolute Gasteiger partial charge is 0.497 e. The predicted octanol–water partition coefficient (Wildman–Crippen LogP) is 1.76. The lowest BCUT2D eigenvalue weighted by Crippen LogP contribution is -2.34. The van der Waals surface area contributed by atoms with Gasteiger partial charge in [0.25, 0.3) is 0 Å². The molecule has 0 saturated heterocycles. The molecule has 1 aliphatic carbocycles. The van der Waals surface area contributed by atoms with E-state index in [0.717, 1.165) is 23.9 Å². The number of nitrogens with zero attached hydrogens (tertiary/aromatic N) is 2. The Kier molecular flexibility index (Phi) is 4.84. The summed E-state index contributed by atoms with van der Waals surface area (Å²) < 4.78 is 5.12. The second-order valence-corrected chi connectivity index (χ2v) is 5.45. The van der Waals surface area contributed by atoms with Crippen LogP contribution in [0.25, 0.3) is 0 Å². The minimum Gasteiger partial charge on any atom is -0.497 e. The van der Waals surface area contributed by atoms with Gasteiger partial charge in [-0.05, 0) is 57.1 Å². The molecule has 0 spiro atoms. The highest BCUT2D eigenvalue weighted by Gasteiger charge is 2.32. The third kappa shape index (κ3) is 4.13. The number of guanidine groups is 1. The van der Waals surface area contributed by atoms with E-state index in [9.17, 15) is 0 Å². The molecule has 1 aliphatic rings. The van der Waals surface area contributed by atoms with Crippen molar-refractivity contribution in [3.8, 4) is 5.75 Å². The molecule has 110 valence electrons. The lowest BCUT2D eigenvalue weighted by Gasteiger charge is -2.22. The predicted molar refractivity (Wildman–Crippen MR) is 83.3 cm³/mol. The molecule has 0 amide bonds. The first-order valence-corrected chi connectivity index (χ1v) is 6.97. The molecule has 20 heavy (non-hydrogen) atoms. The van der Waals surface area contributed by atoms with Gasteiger partial charge in [-0.3, -0.25) is 4.99 Å². The lowest BCUT2D eigenvalue weighted by molar-refractivity contribution is 0.271. The Morgan fingerprint density at radius 2 is 2.05 bits per heavy atom. The van der Waals surface area contributed by atoms with Crippen molar-refractivity contribution in [3.63, 3.8) is 0 Å². The average molecular weight is 276 g/mol. The van der Waals surface area contributed by atoms with E-state index in [4.69, 9.17) is 10.5 Å². The smallest absolute Gasteiger partial charge is 0.193 e. The van der Waals surface area contributed by atoms with Crippen molar-refractivity contribution >= 4 is 11.6 Å². The summed E-state index contributed by atoms with van der Waals surface area (Å²) in [6.07, 6.45) is 2.62. The monoisotopic (exact) mass is 276 g/mol. The number of nitrogens with two attached hydrogens (primary N) is 1. The molecule has 0 heterocycles. The Hall–Kier alpha value is -1.75. The molecule has 1 aromatic carbocycles. The molecule has 2 rings (SSSR count). The number of benzene rings is 1. The highest BCUT2D eigenvalue weighted by Crippen LogP contribution is 2.34. The Morgan fingerprint density at radius 1 is 1.40 bits per heavy atom. The van der Waals surface area contributed by atoms with Crippen LogP contribution in [0.1, 0.15) is 12.8 Å². The van der Waals surface area contributed by atoms with Crippen molar-refractivity contribution in [2.24, 2.45) is 16.6 Å². The van der Waals surface area contributed by atoms with Crippen LogP contribution < -0.4 is 15.8 Å². The van der Waals surface area contributed by atoms with Crippen LogP contribution in [0, 0.1) is 5.92 Å². The summed E-state index contributed by atoms with van der Waals surface area (Å²) in [6.45, 7) is 0.743. The molecular formula is C15H24N4O. The third-order valence-electron chi connectivity index (χ3n) is 3.64. The van der Waals surface area contributed by atoms with Crippen LogP contribution >= 0.6 is 0 Å². The van der Waals surface area contributed by atoms with Crippen LogP contribution in [0.15, 0.2) is 29.3 Å². The van der Waals surface area contributed by atoms with Gasteiger partial charge in [0.2, 0.25) is 0 Å². The fraction of sp³-hybridized carbons (Fsp3) is 0.533. The molecule has 5 heteroatoms. The fourth-order valence-electron chi connectivity index (χ4n) is 2.27. The minimum absolute atomic E-state index is 0.461. The topological polar surface area (TPSA) is 62.9 Å². The fourth-order valence-corrected chi connectivity index (χ4v) is 2.27. The molecule has 3 N–H and O–H groups in total. The third-order valence-corrected chi connectivity index (χ3v) is 3.64. The molecule has 5 nitrogen and oxygen atoms in total. The van der Waals surface area contributed by atoms with E-state index in [-0.39, 0.29) is 0 Å². The quantitative estimate of drug-likeness (QED) is 0.614. The normalized spacial score (nSPS) is 17.1. The number of anilines is 1. The summed E-state index contributed by atoms with van der Waals surface area (Å²) in [4.78, 5) is 6.69. The van der Waals surface area contributed by atoms with E-state index in [1.807, 2.05) is 24.3 Å². The van der Waals surface area contributed by atoms with Crippen molar-refractivity contribution in [1.29, 1.82) is 0 Å². The average Bonchev–Trinajstić information content (AvgIpc) is 3.24. The number of hydrogen-bond acceptors (Lipinski definition) is 3. The Morgan fingerprint density at radius 3 is 2.55 bits per heavy atom. The Balaban J connectivity index is 1.89. The van der Waals surface area contributed by atoms with Gasteiger partial charge in [-0.1, -0.05) is 0 Å². The van der Waals surface area contributed by atoms with Gasteiger partial charge in [-0.15, -0.1) is 0 Å². The summed E-state index contributed by atoms with van der Waals surface area (Å²) in [5, 5.41) is 3.10. The molecule has 0 aromatic heterocycles. The van der Waals surface area contributed by atoms with Crippen LogP contribution in [0.4, 0.5) is 5.69 Å². The van der Waals surface area contributed by atoms with E-state index in [0.29, 0.717) is 12.0 Å². The number of ether oxygens (including phenoxy) is 1. The summed E-state index contributed by atoms with van der Waals surface area (Å²) >= 11 is 0. The van der Waals surface area contributed by atoms with Gasteiger partial charge < -0.3 is 20.7 Å². The molecule has 1 aromatic rings. The molecule has 1 atom stereocenters. The molecule has 0 bridgehead atoms. The van der Waals surface area contributed by atoms with Gasteiger partial charge in [0.1, 0.15) is 5.75 Å². The van der Waals surface area contributed by atoms with Crippen molar-refractivity contribution in [1.82, 2.24) is 4.90 Å². The van der Waals surface area contributed by atoms with Gasteiger partial charge >= 0.3 is 0 Å². The number of hydrogen-bond donors (Lipinski definition) is 2. The van der Waals surface area contributed by atoms with Gasteiger partial charge in [0, 0.05) is 11.7 Å². The van der Waals surface area contributed by atoms with Crippen molar-refractivity contribution in [2.45, 2.75) is 18.9 Å².